The maximum Gasteiger partial charge on any atom is 0.123 e. The van der Waals surface area contributed by atoms with E-state index < -0.39 is 0 Å². The van der Waals surface area contributed by atoms with Gasteiger partial charge < -0.3 is 15.0 Å². The van der Waals surface area contributed by atoms with E-state index in [0.717, 1.165) is 144 Å². The Morgan fingerprint density at radius 2 is 0.912 bits per heavy atom. The Morgan fingerprint density at radius 3 is 1.32 bits per heavy atom. The molecule has 3 aromatic carbocycles. The van der Waals surface area contributed by atoms with Crippen molar-refractivity contribution in [3.63, 3.8) is 0 Å². The van der Waals surface area contributed by atoms with Crippen molar-refractivity contribution in [1.29, 1.82) is 5.26 Å². The van der Waals surface area contributed by atoms with Crippen molar-refractivity contribution >= 4 is 32.7 Å². The quantitative estimate of drug-likeness (QED) is 0.171. The van der Waals surface area contributed by atoms with Crippen molar-refractivity contribution in [1.82, 2.24) is 54.5 Å². The number of likely N-dealkylation sites (tertiary alicyclic amines) is 1. The highest BCUT2D eigenvalue weighted by Crippen LogP contribution is 2.35. The molecule has 1 N–H and O–H groups in total. The van der Waals surface area contributed by atoms with Gasteiger partial charge in [-0.15, -0.1) is 0 Å². The second-order valence-corrected chi connectivity index (χ2v) is 17.6. The van der Waals surface area contributed by atoms with Crippen LogP contribution in [0.1, 0.15) is 62.2 Å². The predicted octanol–water partition coefficient (Wildman–Crippen LogP) is 9.99. The van der Waals surface area contributed by atoms with Gasteiger partial charge in [-0.25, -0.2) is 8.78 Å². The zero-order valence-corrected chi connectivity index (χ0v) is 37.9. The smallest absolute Gasteiger partial charge is 0.123 e. The van der Waals surface area contributed by atoms with Crippen molar-refractivity contribution in [3.8, 4) is 39.8 Å². The molecule has 0 atom stereocenters. The number of aromatic nitrogens is 9. The molecule has 68 heavy (non-hydrogen) atoms. The summed E-state index contributed by atoms with van der Waals surface area (Å²) in [7, 11) is 2.16. The zero-order chi connectivity index (χ0) is 46.4. The van der Waals surface area contributed by atoms with Gasteiger partial charge in [-0.3, -0.25) is 29.0 Å². The van der Waals surface area contributed by atoms with Crippen LogP contribution in [0.4, 0.5) is 8.78 Å². The van der Waals surface area contributed by atoms with Gasteiger partial charge in [0, 0.05) is 83.2 Å². The summed E-state index contributed by atoms with van der Waals surface area (Å²) >= 11 is 0. The Hall–Kier alpha value is -7.25. The number of hydrogen-bond donors (Lipinski definition) is 1. The lowest BCUT2D eigenvalue weighted by Crippen LogP contribution is -2.31. The molecule has 3 aliphatic heterocycles. The highest BCUT2D eigenvalue weighted by Gasteiger charge is 2.25. The summed E-state index contributed by atoms with van der Waals surface area (Å²) in [6.07, 6.45) is 17.3. The fourth-order valence-electron chi connectivity index (χ4n) is 9.57. The van der Waals surface area contributed by atoms with Crippen molar-refractivity contribution in [2.75, 3.05) is 46.4 Å². The van der Waals surface area contributed by atoms with E-state index in [1.54, 1.807) is 30.5 Å². The van der Waals surface area contributed by atoms with Gasteiger partial charge >= 0.3 is 0 Å². The minimum absolute atomic E-state index is 0.231. The molecule has 0 bridgehead atoms. The standard InChI is InChI=1S/C18H19FN4.C18H16N4O.C17H17FN4/c1-22-10-7-15(8-11-22)23-17-6-9-20-12-16(17)18(21-23)13-2-4-14(19)5-3-13;19-11-13-1-3-14(4-2-13)18-16-12-20-8-5-17(16)22(21-18)15-6-9-23-10-7-15;18-13-3-1-12(2-4-13)17-15-11-20-10-7-16(15)22(21-17)14-5-8-19-9-6-14/h2-6,9,12,15H,7-8,10-11H2,1H3;1-5,8,12,15H,6-7,9-10H2;1-4,7,10-11,14,19H,5-6,8-9H2. The highest BCUT2D eigenvalue weighted by atomic mass is 19.1. The Bertz CT molecular complexity index is 3150. The van der Waals surface area contributed by atoms with Crippen LogP contribution in [0.25, 0.3) is 66.5 Å². The average molecular weight is 911 g/mol. The number of nitriles is 1. The molecule has 0 radical (unpaired) electrons. The minimum Gasteiger partial charge on any atom is -0.381 e. The van der Waals surface area contributed by atoms with E-state index >= 15 is 0 Å². The monoisotopic (exact) mass is 910 g/mol. The van der Waals surface area contributed by atoms with Crippen LogP contribution in [0, 0.1) is 23.0 Å². The molecule has 12 rings (SSSR count). The Morgan fingerprint density at radius 1 is 0.529 bits per heavy atom. The third kappa shape index (κ3) is 9.48. The van der Waals surface area contributed by atoms with Crippen LogP contribution < -0.4 is 5.32 Å². The van der Waals surface area contributed by atoms with E-state index in [4.69, 9.17) is 25.3 Å². The van der Waals surface area contributed by atoms with E-state index in [0.29, 0.717) is 23.7 Å². The maximum atomic E-state index is 13.2. The van der Waals surface area contributed by atoms with Crippen LogP contribution in [0.3, 0.4) is 0 Å². The summed E-state index contributed by atoms with van der Waals surface area (Å²) < 4.78 is 38.2. The molecule has 0 unspecified atom stereocenters. The lowest BCUT2D eigenvalue weighted by Gasteiger charge is -2.29. The molecule has 3 fully saturated rings. The molecule has 3 aliphatic rings. The van der Waals surface area contributed by atoms with Gasteiger partial charge in [0.1, 0.15) is 28.7 Å². The highest BCUT2D eigenvalue weighted by molar-refractivity contribution is 5.94. The SMILES string of the molecule is CN1CCC(n2nc(-c3ccc(F)cc3)c3cnccc32)CC1.Fc1ccc(-c2nn(C3CCNCC3)c3ccncc23)cc1.N#Cc1ccc(-c2nn(C3CCOCC3)c3ccncc23)cc1. The molecule has 0 amide bonds. The third-order valence-corrected chi connectivity index (χ3v) is 13.3. The summed E-state index contributed by atoms with van der Waals surface area (Å²) in [5.74, 6) is -0.463. The van der Waals surface area contributed by atoms with Crippen molar-refractivity contribution in [2.24, 2.45) is 0 Å². The Kier molecular flexibility index (Phi) is 13.3. The number of halogens is 2. The van der Waals surface area contributed by atoms with Gasteiger partial charge in [0.05, 0.1) is 46.3 Å². The van der Waals surface area contributed by atoms with Gasteiger partial charge in [0.2, 0.25) is 0 Å². The second-order valence-electron chi connectivity index (χ2n) is 17.6. The van der Waals surface area contributed by atoms with Gasteiger partial charge in [-0.05, 0) is 151 Å². The number of rotatable bonds is 6. The number of piperidine rings is 2. The van der Waals surface area contributed by atoms with Crippen LogP contribution >= 0.6 is 0 Å². The van der Waals surface area contributed by atoms with Gasteiger partial charge in [0.25, 0.3) is 0 Å². The number of ether oxygens (including phenoxy) is 1. The summed E-state index contributed by atoms with van der Waals surface area (Å²) in [6, 6.07) is 29.9. The Balaban J connectivity index is 0.000000119. The van der Waals surface area contributed by atoms with Crippen molar-refractivity contribution in [2.45, 2.75) is 56.7 Å². The molecule has 15 heteroatoms. The molecule has 0 saturated carbocycles. The second kappa shape index (κ2) is 20.3. The maximum absolute atomic E-state index is 13.2. The first-order chi connectivity index (χ1) is 33.4. The fraction of sp³-hybridized carbons (Fsp3) is 0.302. The molecular formula is C53H52F2N12O. The molecular weight excluding hydrogens is 859 g/mol. The van der Waals surface area contributed by atoms with Gasteiger partial charge in [0.15, 0.2) is 0 Å². The van der Waals surface area contributed by atoms with E-state index in [-0.39, 0.29) is 11.6 Å². The predicted molar refractivity (Wildman–Crippen MR) is 260 cm³/mol. The lowest BCUT2D eigenvalue weighted by molar-refractivity contribution is 0.0675. The van der Waals surface area contributed by atoms with Crippen LogP contribution in [-0.2, 0) is 4.74 Å². The number of fused-ring (bicyclic) bond motifs is 3. The molecule has 3 saturated heterocycles. The first-order valence-corrected chi connectivity index (χ1v) is 23.4. The molecule has 9 aromatic rings. The van der Waals surface area contributed by atoms with E-state index in [1.165, 1.54) is 24.3 Å². The molecule has 13 nitrogen and oxygen atoms in total. The van der Waals surface area contributed by atoms with E-state index in [1.807, 2.05) is 73.4 Å². The largest absolute Gasteiger partial charge is 0.381 e. The Labute approximate surface area is 393 Å². The number of benzene rings is 3. The summed E-state index contributed by atoms with van der Waals surface area (Å²) in [5.41, 5.74) is 9.50. The van der Waals surface area contributed by atoms with Crippen LogP contribution in [0.5, 0.6) is 0 Å². The molecule has 0 aliphatic carbocycles. The molecule has 0 spiro atoms. The first kappa shape index (κ1) is 44.6. The lowest BCUT2D eigenvalue weighted by atomic mass is 10.1. The first-order valence-electron chi connectivity index (χ1n) is 23.4. The summed E-state index contributed by atoms with van der Waals surface area (Å²) in [5, 5.41) is 30.0. The number of hydrogen-bond acceptors (Lipinski definition) is 10. The van der Waals surface area contributed by atoms with Crippen molar-refractivity contribution in [3.05, 3.63) is 145 Å². The van der Waals surface area contributed by atoms with Gasteiger partial charge in [-0.1, -0.05) is 12.1 Å². The van der Waals surface area contributed by atoms with E-state index in [2.05, 4.69) is 52.3 Å². The van der Waals surface area contributed by atoms with Gasteiger partial charge in [-0.2, -0.15) is 20.6 Å². The third-order valence-electron chi connectivity index (χ3n) is 13.3. The van der Waals surface area contributed by atoms with E-state index in [9.17, 15) is 8.78 Å². The fourth-order valence-corrected chi connectivity index (χ4v) is 9.57. The van der Waals surface area contributed by atoms with Crippen LogP contribution in [0.15, 0.2) is 128 Å². The summed E-state index contributed by atoms with van der Waals surface area (Å²) in [6.45, 7) is 5.77. The normalized spacial score (nSPS) is 16.3. The number of nitrogens with one attached hydrogen (secondary N) is 1. The van der Waals surface area contributed by atoms with Crippen LogP contribution in [0.2, 0.25) is 0 Å². The zero-order valence-electron chi connectivity index (χ0n) is 37.9. The van der Waals surface area contributed by atoms with Crippen molar-refractivity contribution < 1.29 is 13.5 Å². The topological polar surface area (TPSA) is 140 Å². The summed E-state index contributed by atoms with van der Waals surface area (Å²) in [4.78, 5) is 15.1. The molecule has 6 aromatic heterocycles. The minimum atomic E-state index is -0.232. The number of pyridine rings is 3. The molecule has 9 heterocycles. The molecule has 344 valence electrons. The number of nitrogens with zero attached hydrogens (tertiary/aromatic N) is 11. The average Bonchev–Trinajstić information content (AvgIpc) is 4.11. The van der Waals surface area contributed by atoms with Crippen LogP contribution in [-0.4, -0.2) is 95.6 Å².